The maximum absolute atomic E-state index is 12.5. The van der Waals surface area contributed by atoms with Gasteiger partial charge in [0.05, 0.1) is 5.25 Å². The van der Waals surface area contributed by atoms with E-state index in [0.29, 0.717) is 5.92 Å². The number of hydrogen-bond acceptors (Lipinski definition) is 4. The predicted molar refractivity (Wildman–Crippen MR) is 107 cm³/mol. The maximum Gasteiger partial charge on any atom is 0.237 e. The number of nitrogens with zero attached hydrogens (tertiary/aromatic N) is 3. The van der Waals surface area contributed by atoms with Crippen LogP contribution in [0, 0.1) is 6.92 Å². The molecule has 1 heterocycles. The molecule has 6 heteroatoms. The quantitative estimate of drug-likeness (QED) is 0.742. The Hall–Kier alpha value is -1.82. The molecule has 3 rings (SSSR count). The van der Waals surface area contributed by atoms with Crippen LogP contribution in [0.4, 0.5) is 5.69 Å². The van der Waals surface area contributed by atoms with E-state index < -0.39 is 0 Å². The van der Waals surface area contributed by atoms with Crippen molar-refractivity contribution in [2.45, 2.75) is 75.7 Å². The van der Waals surface area contributed by atoms with Crippen LogP contribution in [0.25, 0.3) is 0 Å². The third kappa shape index (κ3) is 4.47. The number of anilines is 1. The van der Waals surface area contributed by atoms with Crippen molar-refractivity contribution in [3.8, 4) is 0 Å². The molecule has 0 aliphatic heterocycles. The second kappa shape index (κ2) is 8.71. The molecule has 0 unspecified atom stereocenters. The molecule has 1 saturated carbocycles. The van der Waals surface area contributed by atoms with Gasteiger partial charge in [0.1, 0.15) is 5.82 Å². The van der Waals surface area contributed by atoms with Gasteiger partial charge in [0.2, 0.25) is 5.91 Å². The third-order valence-corrected chi connectivity index (χ3v) is 6.08. The van der Waals surface area contributed by atoms with Gasteiger partial charge < -0.3 is 9.88 Å². The Balaban J connectivity index is 1.66. The van der Waals surface area contributed by atoms with E-state index in [9.17, 15) is 4.79 Å². The normalized spacial score (nSPS) is 16.4. The van der Waals surface area contributed by atoms with Gasteiger partial charge in [-0.15, -0.1) is 10.2 Å². The number of benzene rings is 1. The van der Waals surface area contributed by atoms with Gasteiger partial charge in [-0.2, -0.15) is 0 Å². The predicted octanol–water partition coefficient (Wildman–Crippen LogP) is 4.77. The van der Waals surface area contributed by atoms with Crippen molar-refractivity contribution in [1.29, 1.82) is 0 Å². The van der Waals surface area contributed by atoms with Gasteiger partial charge in [0, 0.05) is 18.2 Å². The second-order valence-corrected chi connectivity index (χ2v) is 8.34. The fourth-order valence-corrected chi connectivity index (χ4v) is 4.36. The minimum atomic E-state index is -0.231. The first-order valence-corrected chi connectivity index (χ1v) is 10.4. The summed E-state index contributed by atoms with van der Waals surface area (Å²) in [6, 6.07) is 7.86. The minimum Gasteiger partial charge on any atom is -0.325 e. The average molecular weight is 373 g/mol. The van der Waals surface area contributed by atoms with Gasteiger partial charge in [-0.3, -0.25) is 4.79 Å². The van der Waals surface area contributed by atoms with Crippen molar-refractivity contribution in [2.75, 3.05) is 5.32 Å². The maximum atomic E-state index is 12.5. The lowest BCUT2D eigenvalue weighted by Crippen LogP contribution is -2.23. The van der Waals surface area contributed by atoms with Crippen LogP contribution in [0.2, 0.25) is 0 Å². The van der Waals surface area contributed by atoms with Crippen molar-refractivity contribution < 1.29 is 4.79 Å². The first kappa shape index (κ1) is 19.0. The zero-order valence-electron chi connectivity index (χ0n) is 15.9. The van der Waals surface area contributed by atoms with E-state index in [2.05, 4.69) is 27.0 Å². The molecule has 140 valence electrons. The summed E-state index contributed by atoms with van der Waals surface area (Å²) in [5.41, 5.74) is 2.00. The van der Waals surface area contributed by atoms with Crippen LogP contribution >= 0.6 is 11.8 Å². The Morgan fingerprint density at radius 2 is 1.92 bits per heavy atom. The minimum absolute atomic E-state index is 0.0104. The van der Waals surface area contributed by atoms with E-state index in [-0.39, 0.29) is 11.2 Å². The van der Waals surface area contributed by atoms with Crippen molar-refractivity contribution in [2.24, 2.45) is 0 Å². The number of carbonyl (C=O) groups excluding carboxylic acids is 1. The van der Waals surface area contributed by atoms with E-state index in [1.54, 1.807) is 0 Å². The number of thioether (sulfide) groups is 1. The summed E-state index contributed by atoms with van der Waals surface area (Å²) < 4.78 is 2.19. The molecular formula is C20H28N4OS. The summed E-state index contributed by atoms with van der Waals surface area (Å²) in [4.78, 5) is 12.5. The standard InChI is InChI=1S/C20H28N4OS/c1-4-24-18(16-8-6-5-7-9-16)22-23-20(24)26-15(3)19(25)21-17-12-10-14(2)11-13-17/h10-13,15-16H,4-9H2,1-3H3,(H,21,25)/t15-/m1/s1. The van der Waals surface area contributed by atoms with Crippen molar-refractivity contribution in [1.82, 2.24) is 14.8 Å². The molecule has 1 aromatic carbocycles. The molecule has 0 radical (unpaired) electrons. The van der Waals surface area contributed by atoms with E-state index >= 15 is 0 Å². The Labute approximate surface area is 160 Å². The fraction of sp³-hybridized carbons (Fsp3) is 0.550. The third-order valence-electron chi connectivity index (χ3n) is 5.00. The zero-order chi connectivity index (χ0) is 18.5. The van der Waals surface area contributed by atoms with Crippen molar-refractivity contribution >= 4 is 23.4 Å². The van der Waals surface area contributed by atoms with Crippen LogP contribution in [0.15, 0.2) is 29.4 Å². The molecule has 1 atom stereocenters. The van der Waals surface area contributed by atoms with E-state index in [1.807, 2.05) is 38.1 Å². The first-order chi connectivity index (χ1) is 12.6. The van der Waals surface area contributed by atoms with Gasteiger partial charge in [-0.1, -0.05) is 48.7 Å². The second-order valence-electron chi connectivity index (χ2n) is 7.04. The highest BCUT2D eigenvalue weighted by Gasteiger charge is 2.25. The average Bonchev–Trinajstić information content (AvgIpc) is 3.06. The summed E-state index contributed by atoms with van der Waals surface area (Å²) in [5, 5.41) is 12.5. The number of aromatic nitrogens is 3. The molecule has 1 aliphatic rings. The number of aryl methyl sites for hydroxylation is 1. The van der Waals surface area contributed by atoms with Gasteiger partial charge >= 0.3 is 0 Å². The highest BCUT2D eigenvalue weighted by molar-refractivity contribution is 8.00. The van der Waals surface area contributed by atoms with E-state index in [1.165, 1.54) is 49.4 Å². The van der Waals surface area contributed by atoms with Crippen LogP contribution in [0.3, 0.4) is 0 Å². The number of rotatable bonds is 6. The Morgan fingerprint density at radius 1 is 1.23 bits per heavy atom. The molecule has 0 spiro atoms. The summed E-state index contributed by atoms with van der Waals surface area (Å²) in [6.45, 7) is 6.92. The topological polar surface area (TPSA) is 59.8 Å². The Morgan fingerprint density at radius 3 is 2.58 bits per heavy atom. The molecule has 1 N–H and O–H groups in total. The van der Waals surface area contributed by atoms with Crippen LogP contribution in [0.1, 0.15) is 63.3 Å². The lowest BCUT2D eigenvalue weighted by molar-refractivity contribution is -0.115. The summed E-state index contributed by atoms with van der Waals surface area (Å²) in [7, 11) is 0. The largest absolute Gasteiger partial charge is 0.325 e. The molecule has 5 nitrogen and oxygen atoms in total. The summed E-state index contributed by atoms with van der Waals surface area (Å²) >= 11 is 1.49. The van der Waals surface area contributed by atoms with Crippen LogP contribution in [0.5, 0.6) is 0 Å². The van der Waals surface area contributed by atoms with Crippen LogP contribution in [-0.4, -0.2) is 25.9 Å². The zero-order valence-corrected chi connectivity index (χ0v) is 16.7. The molecule has 1 fully saturated rings. The molecule has 0 saturated heterocycles. The Bertz CT molecular complexity index is 735. The van der Waals surface area contributed by atoms with E-state index in [0.717, 1.165) is 23.2 Å². The number of amides is 1. The molecular weight excluding hydrogens is 344 g/mol. The number of nitrogens with one attached hydrogen (secondary N) is 1. The van der Waals surface area contributed by atoms with Gasteiger partial charge in [-0.05, 0) is 45.7 Å². The molecule has 1 aliphatic carbocycles. The molecule has 2 aromatic rings. The number of carbonyl (C=O) groups is 1. The highest BCUT2D eigenvalue weighted by atomic mass is 32.2. The lowest BCUT2D eigenvalue weighted by atomic mass is 9.89. The summed E-state index contributed by atoms with van der Waals surface area (Å²) in [5.74, 6) is 1.60. The smallest absolute Gasteiger partial charge is 0.237 e. The van der Waals surface area contributed by atoms with Gasteiger partial charge in [0.15, 0.2) is 5.16 Å². The molecule has 1 amide bonds. The molecule has 1 aromatic heterocycles. The number of hydrogen-bond donors (Lipinski definition) is 1. The highest BCUT2D eigenvalue weighted by Crippen LogP contribution is 2.34. The first-order valence-electron chi connectivity index (χ1n) is 9.55. The van der Waals surface area contributed by atoms with Crippen LogP contribution < -0.4 is 5.32 Å². The van der Waals surface area contributed by atoms with Crippen molar-refractivity contribution in [3.05, 3.63) is 35.7 Å². The van der Waals surface area contributed by atoms with Crippen molar-refractivity contribution in [3.63, 3.8) is 0 Å². The van der Waals surface area contributed by atoms with Gasteiger partial charge in [0.25, 0.3) is 0 Å². The lowest BCUT2D eigenvalue weighted by Gasteiger charge is -2.21. The molecule has 0 bridgehead atoms. The van der Waals surface area contributed by atoms with Crippen LogP contribution in [-0.2, 0) is 11.3 Å². The van der Waals surface area contributed by atoms with Gasteiger partial charge in [-0.25, -0.2) is 0 Å². The van der Waals surface area contributed by atoms with E-state index in [4.69, 9.17) is 0 Å². The molecule has 26 heavy (non-hydrogen) atoms. The SMILES string of the molecule is CCn1c(S[C@H](C)C(=O)Nc2ccc(C)cc2)nnc1C1CCCCC1. The Kier molecular flexibility index (Phi) is 6.35. The fourth-order valence-electron chi connectivity index (χ4n) is 3.44. The monoisotopic (exact) mass is 372 g/mol. The summed E-state index contributed by atoms with van der Waals surface area (Å²) in [6.07, 6.45) is 6.28.